The summed E-state index contributed by atoms with van der Waals surface area (Å²) in [6, 6.07) is 1.95. The minimum atomic E-state index is 0.0423. The molecule has 6 nitrogen and oxygen atoms in total. The second kappa shape index (κ2) is 6.49. The van der Waals surface area contributed by atoms with Gasteiger partial charge in [-0.2, -0.15) is 4.98 Å². The average molecular weight is 344 g/mol. The van der Waals surface area contributed by atoms with Gasteiger partial charge in [-0.05, 0) is 36.8 Å². The fourth-order valence-electron chi connectivity index (χ4n) is 3.12. The first-order chi connectivity index (χ1) is 11.7. The van der Waals surface area contributed by atoms with Crippen LogP contribution in [0.25, 0.3) is 0 Å². The molecule has 1 saturated heterocycles. The highest BCUT2D eigenvalue weighted by atomic mass is 32.1. The number of hydrogen-bond donors (Lipinski definition) is 0. The smallest absolute Gasteiger partial charge is 0.269 e. The van der Waals surface area contributed by atoms with Gasteiger partial charge in [0.25, 0.3) is 5.91 Å². The Bertz CT molecular complexity index is 755. The van der Waals surface area contributed by atoms with Crippen LogP contribution in [0.2, 0.25) is 0 Å². The maximum Gasteiger partial charge on any atom is 0.269 e. The Kier molecular flexibility index (Phi) is 4.20. The Balaban J connectivity index is 1.66. The maximum atomic E-state index is 12.9. The van der Waals surface area contributed by atoms with Gasteiger partial charge in [0.05, 0.1) is 18.1 Å². The molecule has 4 rings (SSSR count). The molecule has 0 spiro atoms. The zero-order valence-corrected chi connectivity index (χ0v) is 14.5. The largest absolute Gasteiger partial charge is 0.378 e. The number of amides is 1. The normalized spacial score (nSPS) is 17.7. The van der Waals surface area contributed by atoms with Crippen molar-refractivity contribution < 1.29 is 9.53 Å². The van der Waals surface area contributed by atoms with E-state index in [4.69, 9.17) is 9.72 Å². The van der Waals surface area contributed by atoms with Crippen molar-refractivity contribution in [1.82, 2.24) is 9.97 Å². The lowest BCUT2D eigenvalue weighted by molar-refractivity contribution is 0.0988. The summed E-state index contributed by atoms with van der Waals surface area (Å²) in [4.78, 5) is 26.9. The number of aromatic nitrogens is 2. The third kappa shape index (κ3) is 2.89. The summed E-state index contributed by atoms with van der Waals surface area (Å²) < 4.78 is 5.39. The number of anilines is 2. The Morgan fingerprint density at radius 1 is 1.29 bits per heavy atom. The van der Waals surface area contributed by atoms with Gasteiger partial charge in [-0.3, -0.25) is 9.69 Å². The van der Waals surface area contributed by atoms with Crippen LogP contribution in [0.3, 0.4) is 0 Å². The Labute approximate surface area is 145 Å². The summed E-state index contributed by atoms with van der Waals surface area (Å²) in [7, 11) is 0. The Morgan fingerprint density at radius 2 is 2.12 bits per heavy atom. The summed E-state index contributed by atoms with van der Waals surface area (Å²) in [5.74, 6) is 1.51. The number of rotatable bonds is 2. The van der Waals surface area contributed by atoms with E-state index in [1.165, 1.54) is 11.3 Å². The van der Waals surface area contributed by atoms with Crippen LogP contribution >= 0.6 is 11.3 Å². The number of carbonyl (C=O) groups excluding carboxylic acids is 1. The van der Waals surface area contributed by atoms with E-state index >= 15 is 0 Å². The molecule has 7 heteroatoms. The number of ether oxygens (including phenoxy) is 1. The van der Waals surface area contributed by atoms with Crippen molar-refractivity contribution >= 4 is 29.0 Å². The van der Waals surface area contributed by atoms with Crippen LogP contribution in [0.1, 0.15) is 27.2 Å². The monoisotopic (exact) mass is 344 g/mol. The van der Waals surface area contributed by atoms with Crippen LogP contribution in [0.15, 0.2) is 17.6 Å². The van der Waals surface area contributed by atoms with Crippen LogP contribution in [0.5, 0.6) is 0 Å². The zero-order chi connectivity index (χ0) is 16.5. The molecule has 4 heterocycles. The minimum Gasteiger partial charge on any atom is -0.378 e. The fourth-order valence-corrected chi connectivity index (χ4v) is 3.97. The molecular weight excluding hydrogens is 324 g/mol. The van der Waals surface area contributed by atoms with Gasteiger partial charge in [0.2, 0.25) is 5.95 Å². The van der Waals surface area contributed by atoms with Gasteiger partial charge in [-0.25, -0.2) is 4.98 Å². The lowest BCUT2D eigenvalue weighted by atomic mass is 10.1. The van der Waals surface area contributed by atoms with Crippen LogP contribution in [0.4, 0.5) is 11.8 Å². The molecule has 0 radical (unpaired) electrons. The first kappa shape index (κ1) is 15.5. The molecule has 1 amide bonds. The second-order valence-corrected chi connectivity index (χ2v) is 7.08. The first-order valence-corrected chi connectivity index (χ1v) is 9.16. The highest BCUT2D eigenvalue weighted by molar-refractivity contribution is 7.12. The van der Waals surface area contributed by atoms with Crippen LogP contribution in [-0.2, 0) is 11.2 Å². The van der Waals surface area contributed by atoms with Gasteiger partial charge in [0.15, 0.2) is 0 Å². The number of hydrogen-bond acceptors (Lipinski definition) is 6. The molecule has 0 aromatic carbocycles. The van der Waals surface area contributed by atoms with E-state index in [1.54, 1.807) is 0 Å². The van der Waals surface area contributed by atoms with Crippen LogP contribution in [0, 0.1) is 6.92 Å². The highest BCUT2D eigenvalue weighted by Gasteiger charge is 2.27. The van der Waals surface area contributed by atoms with Gasteiger partial charge in [-0.1, -0.05) is 0 Å². The van der Waals surface area contributed by atoms with Gasteiger partial charge in [0.1, 0.15) is 5.82 Å². The third-order valence-electron chi connectivity index (χ3n) is 4.39. The standard InChI is InChI=1S/C17H20N4O2S/c1-12-9-14(24-11-12)16(22)21-4-2-3-13-10-18-17(19-15(13)21)20-5-7-23-8-6-20/h9-11H,2-8H2,1H3. The van der Waals surface area contributed by atoms with E-state index in [0.29, 0.717) is 25.7 Å². The highest BCUT2D eigenvalue weighted by Crippen LogP contribution is 2.29. The van der Waals surface area contributed by atoms with E-state index in [2.05, 4.69) is 9.88 Å². The SMILES string of the molecule is Cc1csc(C(=O)N2CCCc3cnc(N4CCOCC4)nc32)c1. The lowest BCUT2D eigenvalue weighted by Crippen LogP contribution is -2.39. The van der Waals surface area contributed by atoms with Crippen molar-refractivity contribution in [2.24, 2.45) is 0 Å². The third-order valence-corrected chi connectivity index (χ3v) is 5.43. The van der Waals surface area contributed by atoms with Crippen LogP contribution < -0.4 is 9.80 Å². The average Bonchev–Trinajstić information content (AvgIpc) is 3.07. The van der Waals surface area contributed by atoms with Crippen molar-refractivity contribution in [1.29, 1.82) is 0 Å². The fraction of sp³-hybridized carbons (Fsp3) is 0.471. The number of carbonyl (C=O) groups is 1. The topological polar surface area (TPSA) is 58.6 Å². The molecule has 24 heavy (non-hydrogen) atoms. The number of morpholine rings is 1. The van der Waals surface area contributed by atoms with E-state index in [-0.39, 0.29) is 5.91 Å². The van der Waals surface area contributed by atoms with E-state index in [1.807, 2.05) is 29.5 Å². The molecule has 2 aliphatic heterocycles. The quantitative estimate of drug-likeness (QED) is 0.836. The lowest BCUT2D eigenvalue weighted by Gasteiger charge is -2.31. The van der Waals surface area contributed by atoms with E-state index in [9.17, 15) is 4.79 Å². The molecule has 0 unspecified atom stereocenters. The molecule has 2 aromatic rings. The van der Waals surface area contributed by atoms with Crippen molar-refractivity contribution in [3.8, 4) is 0 Å². The zero-order valence-electron chi connectivity index (χ0n) is 13.7. The van der Waals surface area contributed by atoms with Gasteiger partial charge in [-0.15, -0.1) is 11.3 Å². The van der Waals surface area contributed by atoms with Gasteiger partial charge >= 0.3 is 0 Å². The molecule has 2 aliphatic rings. The predicted molar refractivity (Wildman–Crippen MR) is 94.1 cm³/mol. The summed E-state index contributed by atoms with van der Waals surface area (Å²) >= 11 is 1.50. The summed E-state index contributed by atoms with van der Waals surface area (Å²) in [5.41, 5.74) is 2.18. The minimum absolute atomic E-state index is 0.0423. The van der Waals surface area contributed by atoms with Crippen molar-refractivity contribution in [2.75, 3.05) is 42.6 Å². The molecule has 0 N–H and O–H groups in total. The number of fused-ring (bicyclic) bond motifs is 1. The molecule has 126 valence electrons. The molecule has 0 aliphatic carbocycles. The van der Waals surface area contributed by atoms with Gasteiger partial charge < -0.3 is 9.64 Å². The van der Waals surface area contributed by atoms with Gasteiger partial charge in [0, 0.05) is 31.4 Å². The molecule has 2 aromatic heterocycles. The van der Waals surface area contributed by atoms with Crippen molar-refractivity contribution in [3.05, 3.63) is 33.6 Å². The second-order valence-electron chi connectivity index (χ2n) is 6.17. The van der Waals surface area contributed by atoms with E-state index < -0.39 is 0 Å². The summed E-state index contributed by atoms with van der Waals surface area (Å²) in [6.45, 7) is 5.68. The maximum absolute atomic E-state index is 12.9. The van der Waals surface area contributed by atoms with Crippen molar-refractivity contribution in [3.63, 3.8) is 0 Å². The Hall–Kier alpha value is -1.99. The molecular formula is C17H20N4O2S. The predicted octanol–water partition coefficient (Wildman–Crippen LogP) is 2.28. The summed E-state index contributed by atoms with van der Waals surface area (Å²) in [6.07, 6.45) is 3.75. The molecule has 0 bridgehead atoms. The Morgan fingerprint density at radius 3 is 2.88 bits per heavy atom. The summed E-state index contributed by atoms with van der Waals surface area (Å²) in [5, 5.41) is 2.01. The van der Waals surface area contributed by atoms with Crippen molar-refractivity contribution in [2.45, 2.75) is 19.8 Å². The first-order valence-electron chi connectivity index (χ1n) is 8.28. The number of thiophene rings is 1. The molecule has 1 fully saturated rings. The number of nitrogens with zero attached hydrogens (tertiary/aromatic N) is 4. The molecule has 0 atom stereocenters. The van der Waals surface area contributed by atoms with E-state index in [0.717, 1.165) is 47.8 Å². The molecule has 0 saturated carbocycles. The van der Waals surface area contributed by atoms with Crippen LogP contribution in [-0.4, -0.2) is 48.7 Å². The number of aryl methyl sites for hydroxylation is 2.